The summed E-state index contributed by atoms with van der Waals surface area (Å²) in [5.41, 5.74) is -0.0670. The first-order chi connectivity index (χ1) is 7.66. The molecule has 0 aliphatic rings. The Hall–Kier alpha value is -2.10. The summed E-state index contributed by atoms with van der Waals surface area (Å²) >= 11 is 0. The summed E-state index contributed by atoms with van der Waals surface area (Å²) in [6.07, 6.45) is 0. The van der Waals surface area contributed by atoms with Gasteiger partial charge >= 0.3 is 5.63 Å². The summed E-state index contributed by atoms with van der Waals surface area (Å²) in [7, 11) is 0. The predicted molar refractivity (Wildman–Crippen MR) is 58.7 cm³/mol. The molecule has 0 N–H and O–H groups in total. The van der Waals surface area contributed by atoms with Gasteiger partial charge in [0.1, 0.15) is 12.2 Å². The second kappa shape index (κ2) is 4.18. The molecule has 0 fully saturated rings. The Morgan fingerprint density at radius 2 is 2.12 bits per heavy atom. The van der Waals surface area contributed by atoms with Crippen LogP contribution in [-0.2, 0) is 4.79 Å². The van der Waals surface area contributed by atoms with Crippen LogP contribution >= 0.6 is 0 Å². The Labute approximate surface area is 91.4 Å². The molecule has 82 valence electrons. The van der Waals surface area contributed by atoms with Gasteiger partial charge in [0.15, 0.2) is 5.78 Å². The molecule has 16 heavy (non-hydrogen) atoms. The molecule has 1 heterocycles. The van der Waals surface area contributed by atoms with Crippen LogP contribution in [0.5, 0.6) is 5.75 Å². The monoisotopic (exact) mass is 218 g/mol. The first-order valence-electron chi connectivity index (χ1n) is 4.82. The molecule has 0 radical (unpaired) electrons. The van der Waals surface area contributed by atoms with Crippen LogP contribution in [0.3, 0.4) is 0 Å². The zero-order chi connectivity index (χ0) is 11.5. The number of rotatable bonds is 3. The first kappa shape index (κ1) is 10.4. The first-order valence-corrected chi connectivity index (χ1v) is 4.82. The van der Waals surface area contributed by atoms with Crippen LogP contribution < -0.4 is 10.4 Å². The highest BCUT2D eigenvalue weighted by molar-refractivity contribution is 5.78. The SMILES string of the molecule is CC(=O)COc1cc2ccccc2oc1=O. The van der Waals surface area contributed by atoms with Crippen LogP contribution in [0.25, 0.3) is 11.0 Å². The Morgan fingerprint density at radius 1 is 1.38 bits per heavy atom. The van der Waals surface area contributed by atoms with Gasteiger partial charge in [-0.1, -0.05) is 18.2 Å². The number of hydrogen-bond acceptors (Lipinski definition) is 4. The van der Waals surface area contributed by atoms with E-state index in [-0.39, 0.29) is 18.1 Å². The van der Waals surface area contributed by atoms with Gasteiger partial charge in [-0.15, -0.1) is 0 Å². The summed E-state index contributed by atoms with van der Waals surface area (Å²) in [6.45, 7) is 1.27. The molecule has 0 bridgehead atoms. The standard InChI is InChI=1S/C12H10O4/c1-8(13)7-15-11-6-9-4-2-3-5-10(9)16-12(11)14/h2-6H,7H2,1H3. The lowest BCUT2D eigenvalue weighted by atomic mass is 10.2. The molecular weight excluding hydrogens is 208 g/mol. The van der Waals surface area contributed by atoms with E-state index in [1.54, 1.807) is 24.3 Å². The molecule has 0 saturated heterocycles. The Balaban J connectivity index is 2.42. The lowest BCUT2D eigenvalue weighted by molar-refractivity contribution is -0.118. The molecule has 0 amide bonds. The number of Topliss-reactive ketones (excluding diaryl/α,β-unsaturated/α-hetero) is 1. The second-order valence-electron chi connectivity index (χ2n) is 3.43. The number of para-hydroxylation sites is 1. The minimum absolute atomic E-state index is 0.0638. The van der Waals surface area contributed by atoms with Crippen molar-refractivity contribution in [3.63, 3.8) is 0 Å². The maximum absolute atomic E-state index is 11.4. The lowest BCUT2D eigenvalue weighted by Gasteiger charge is -2.02. The fourth-order valence-corrected chi connectivity index (χ4v) is 1.32. The minimum atomic E-state index is -0.569. The van der Waals surface area contributed by atoms with Crippen LogP contribution in [0.2, 0.25) is 0 Å². The van der Waals surface area contributed by atoms with E-state index in [4.69, 9.17) is 9.15 Å². The third-order valence-electron chi connectivity index (χ3n) is 2.04. The molecule has 0 aliphatic carbocycles. The van der Waals surface area contributed by atoms with Crippen molar-refractivity contribution < 1.29 is 13.9 Å². The van der Waals surface area contributed by atoms with Gasteiger partial charge in [-0.05, 0) is 19.1 Å². The largest absolute Gasteiger partial charge is 0.479 e. The second-order valence-corrected chi connectivity index (χ2v) is 3.43. The van der Waals surface area contributed by atoms with Gasteiger partial charge in [0.05, 0.1) is 0 Å². The molecule has 2 aromatic rings. The highest BCUT2D eigenvalue weighted by Crippen LogP contribution is 2.16. The molecule has 0 spiro atoms. The van der Waals surface area contributed by atoms with E-state index in [1.165, 1.54) is 6.92 Å². The smallest absolute Gasteiger partial charge is 0.379 e. The van der Waals surface area contributed by atoms with Crippen molar-refractivity contribution in [2.75, 3.05) is 6.61 Å². The normalized spacial score (nSPS) is 10.3. The maximum Gasteiger partial charge on any atom is 0.379 e. The topological polar surface area (TPSA) is 56.5 Å². The summed E-state index contributed by atoms with van der Waals surface area (Å²) < 4.78 is 10.1. The highest BCUT2D eigenvalue weighted by Gasteiger charge is 2.06. The van der Waals surface area contributed by atoms with E-state index in [0.29, 0.717) is 5.58 Å². The van der Waals surface area contributed by atoms with Crippen LogP contribution in [0, 0.1) is 0 Å². The average Bonchev–Trinajstić information content (AvgIpc) is 2.26. The van der Waals surface area contributed by atoms with E-state index >= 15 is 0 Å². The number of carbonyl (C=O) groups is 1. The zero-order valence-electron chi connectivity index (χ0n) is 8.73. The predicted octanol–water partition coefficient (Wildman–Crippen LogP) is 1.76. The van der Waals surface area contributed by atoms with Gasteiger partial charge in [0.25, 0.3) is 0 Å². The Morgan fingerprint density at radius 3 is 2.88 bits per heavy atom. The average molecular weight is 218 g/mol. The molecule has 0 atom stereocenters. The molecule has 4 heteroatoms. The van der Waals surface area contributed by atoms with Crippen molar-refractivity contribution >= 4 is 16.8 Å². The molecule has 0 unspecified atom stereocenters. The van der Waals surface area contributed by atoms with Crippen LogP contribution in [-0.4, -0.2) is 12.4 Å². The molecule has 0 aliphatic heterocycles. The van der Waals surface area contributed by atoms with Crippen molar-refractivity contribution in [1.82, 2.24) is 0 Å². The van der Waals surface area contributed by atoms with Crippen LogP contribution in [0.4, 0.5) is 0 Å². The fraction of sp³-hybridized carbons (Fsp3) is 0.167. The number of benzene rings is 1. The van der Waals surface area contributed by atoms with Crippen molar-refractivity contribution in [3.05, 3.63) is 40.8 Å². The maximum atomic E-state index is 11.4. The minimum Gasteiger partial charge on any atom is -0.479 e. The summed E-state index contributed by atoms with van der Waals surface area (Å²) in [5, 5.41) is 0.764. The van der Waals surface area contributed by atoms with E-state index in [2.05, 4.69) is 0 Å². The fourth-order valence-electron chi connectivity index (χ4n) is 1.32. The molecular formula is C12H10O4. The Kier molecular flexibility index (Phi) is 2.72. The van der Waals surface area contributed by atoms with Gasteiger partial charge in [0, 0.05) is 5.39 Å². The number of fused-ring (bicyclic) bond motifs is 1. The third kappa shape index (κ3) is 2.11. The van der Waals surface area contributed by atoms with Crippen LogP contribution in [0.1, 0.15) is 6.92 Å². The van der Waals surface area contributed by atoms with E-state index in [1.807, 2.05) is 6.07 Å². The molecule has 2 rings (SSSR count). The molecule has 1 aromatic heterocycles. The van der Waals surface area contributed by atoms with Gasteiger partial charge in [-0.3, -0.25) is 4.79 Å². The summed E-state index contributed by atoms with van der Waals surface area (Å²) in [4.78, 5) is 22.2. The van der Waals surface area contributed by atoms with Gasteiger partial charge in [-0.2, -0.15) is 0 Å². The van der Waals surface area contributed by atoms with Crippen molar-refractivity contribution in [2.24, 2.45) is 0 Å². The van der Waals surface area contributed by atoms with Crippen LogP contribution in [0.15, 0.2) is 39.5 Å². The van der Waals surface area contributed by atoms with Crippen molar-refractivity contribution in [1.29, 1.82) is 0 Å². The molecule has 1 aromatic carbocycles. The van der Waals surface area contributed by atoms with Crippen molar-refractivity contribution in [3.8, 4) is 5.75 Å². The zero-order valence-corrected chi connectivity index (χ0v) is 8.73. The highest BCUT2D eigenvalue weighted by atomic mass is 16.5. The van der Waals surface area contributed by atoms with Gasteiger partial charge < -0.3 is 9.15 Å². The third-order valence-corrected chi connectivity index (χ3v) is 2.04. The Bertz CT molecular complexity index is 583. The van der Waals surface area contributed by atoms with E-state index in [0.717, 1.165) is 5.39 Å². The molecule has 4 nitrogen and oxygen atoms in total. The summed E-state index contributed by atoms with van der Waals surface area (Å²) in [6, 6.07) is 8.69. The number of ether oxygens (including phenoxy) is 1. The van der Waals surface area contributed by atoms with Gasteiger partial charge in [0.2, 0.25) is 5.75 Å². The number of hydrogen-bond donors (Lipinski definition) is 0. The lowest BCUT2D eigenvalue weighted by Crippen LogP contribution is -2.12. The van der Waals surface area contributed by atoms with Gasteiger partial charge in [-0.25, -0.2) is 4.79 Å². The summed E-state index contributed by atoms with van der Waals surface area (Å²) in [5.74, 6) is -0.0820. The van der Waals surface area contributed by atoms with Crippen molar-refractivity contribution in [2.45, 2.75) is 6.92 Å². The number of ketones is 1. The van der Waals surface area contributed by atoms with E-state index < -0.39 is 5.63 Å². The quantitative estimate of drug-likeness (QED) is 0.736. The van der Waals surface area contributed by atoms with E-state index in [9.17, 15) is 9.59 Å². The number of carbonyl (C=O) groups excluding carboxylic acids is 1. The molecule has 0 saturated carbocycles.